The number of unbranched alkanes of at least 4 members (excludes halogenated alkanes) is 1. The molecule has 3 aliphatic rings. The summed E-state index contributed by atoms with van der Waals surface area (Å²) in [5.41, 5.74) is 0.209. The fourth-order valence-corrected chi connectivity index (χ4v) is 8.30. The summed E-state index contributed by atoms with van der Waals surface area (Å²) in [7, 11) is -2.99. The summed E-state index contributed by atoms with van der Waals surface area (Å²) in [6, 6.07) is 12.6. The normalized spacial score (nSPS) is 20.4. The maximum atomic E-state index is 14.4. The van der Waals surface area contributed by atoms with E-state index in [0.29, 0.717) is 44.6 Å². The largest absolute Gasteiger partial charge is 0.530 e. The van der Waals surface area contributed by atoms with E-state index in [2.05, 4.69) is 10.6 Å². The van der Waals surface area contributed by atoms with Crippen molar-refractivity contribution in [3.05, 3.63) is 54.1 Å². The standard InChI is InChI=1S/C36H50N4O12S/c1-36(2,14-7-8-15-37-32(42)20-39(3)35(44)45)22-40(53(46,47)25-11-12-29-30(18-25)51-23-50-29)19-28(41)27(17-24-9-5-4-6-10-24)38-34(43)52-31-21-49-33-26(31)13-16-48-33/h4-6,9-12,18,26-28,31,33,41H,7-8,13-17,19-23H2,1-3H3,(H,37,42)(H,38,43)(H,44,45)/p-1/t26-,27-,28+,31-,33+/m0/s1. The lowest BCUT2D eigenvalue weighted by Crippen LogP contribution is -2.52. The molecule has 292 valence electrons. The average Bonchev–Trinajstić information content (AvgIpc) is 3.86. The molecule has 3 aliphatic heterocycles. The maximum Gasteiger partial charge on any atom is 0.407 e. The van der Waals surface area contributed by atoms with Crippen LogP contribution in [0.4, 0.5) is 9.59 Å². The number of nitrogens with zero attached hydrogens (tertiary/aromatic N) is 2. The van der Waals surface area contributed by atoms with Crippen molar-refractivity contribution in [3.8, 4) is 11.5 Å². The highest BCUT2D eigenvalue weighted by Crippen LogP contribution is 2.36. The van der Waals surface area contributed by atoms with Gasteiger partial charge in [-0.2, -0.15) is 4.31 Å². The fourth-order valence-electron chi connectivity index (χ4n) is 6.64. The van der Waals surface area contributed by atoms with Crippen molar-refractivity contribution >= 4 is 28.1 Å². The number of amides is 3. The third-order valence-electron chi connectivity index (χ3n) is 9.58. The topological polar surface area (TPSA) is 205 Å². The molecule has 0 aromatic heterocycles. The molecule has 2 saturated heterocycles. The van der Waals surface area contributed by atoms with Crippen LogP contribution < -0.4 is 25.2 Å². The van der Waals surface area contributed by atoms with E-state index in [1.165, 1.54) is 29.6 Å². The van der Waals surface area contributed by atoms with Gasteiger partial charge in [-0.25, -0.2) is 13.2 Å². The van der Waals surface area contributed by atoms with Crippen molar-refractivity contribution in [2.45, 2.75) is 75.4 Å². The maximum absolute atomic E-state index is 14.4. The molecule has 0 aliphatic carbocycles. The molecular formula is C36H49N4O12S-. The van der Waals surface area contributed by atoms with E-state index in [9.17, 15) is 33.0 Å². The number of rotatable bonds is 18. The second kappa shape index (κ2) is 17.8. The van der Waals surface area contributed by atoms with Gasteiger partial charge in [0.2, 0.25) is 22.7 Å². The predicted octanol–water partition coefficient (Wildman–Crippen LogP) is 1.45. The summed E-state index contributed by atoms with van der Waals surface area (Å²) in [5, 5.41) is 28.2. The molecule has 5 rings (SSSR count). The Hall–Kier alpha value is -4.16. The first-order chi connectivity index (χ1) is 25.2. The van der Waals surface area contributed by atoms with E-state index in [4.69, 9.17) is 23.7 Å². The molecule has 5 atom stereocenters. The van der Waals surface area contributed by atoms with E-state index < -0.39 is 58.1 Å². The molecule has 3 amide bonds. The van der Waals surface area contributed by atoms with E-state index in [1.54, 1.807) is 0 Å². The lowest BCUT2D eigenvalue weighted by atomic mass is 9.87. The summed E-state index contributed by atoms with van der Waals surface area (Å²) in [5.74, 6) is 0.163. The number of hydrogen-bond donors (Lipinski definition) is 3. The lowest BCUT2D eigenvalue weighted by Gasteiger charge is -2.35. The average molecular weight is 762 g/mol. The number of carboxylic acid groups (broad SMARTS) is 1. The molecule has 0 radical (unpaired) electrons. The first-order valence-corrected chi connectivity index (χ1v) is 19.2. The first kappa shape index (κ1) is 40.0. The van der Waals surface area contributed by atoms with Gasteiger partial charge in [-0.1, -0.05) is 50.6 Å². The zero-order valence-corrected chi connectivity index (χ0v) is 31.0. The zero-order valence-electron chi connectivity index (χ0n) is 30.2. The molecule has 0 unspecified atom stereocenters. The Labute approximate surface area is 309 Å². The second-order valence-corrected chi connectivity index (χ2v) is 16.3. The summed E-state index contributed by atoms with van der Waals surface area (Å²) < 4.78 is 57.7. The van der Waals surface area contributed by atoms with Crippen LogP contribution in [-0.4, -0.2) is 119 Å². The van der Waals surface area contributed by atoms with Gasteiger partial charge in [0, 0.05) is 32.7 Å². The Kier molecular flexibility index (Phi) is 13.4. The number of likely N-dealkylation sites (N-methyl/N-ethyl adjacent to an activating group) is 1. The molecule has 0 bridgehead atoms. The van der Waals surface area contributed by atoms with Gasteiger partial charge < -0.3 is 54.2 Å². The molecule has 16 nitrogen and oxygen atoms in total. The summed E-state index contributed by atoms with van der Waals surface area (Å²) in [4.78, 5) is 36.9. The van der Waals surface area contributed by atoms with E-state index in [0.717, 1.165) is 10.5 Å². The van der Waals surface area contributed by atoms with Crippen molar-refractivity contribution < 1.29 is 56.7 Å². The highest BCUT2D eigenvalue weighted by molar-refractivity contribution is 7.89. The number of hydrogen-bond acceptors (Lipinski definition) is 12. The fraction of sp³-hybridized carbons (Fsp3) is 0.583. The number of alkyl carbamates (subject to hydrolysis) is 1. The smallest absolute Gasteiger partial charge is 0.407 e. The summed E-state index contributed by atoms with van der Waals surface area (Å²) >= 11 is 0. The van der Waals surface area contributed by atoms with Crippen LogP contribution in [0.5, 0.6) is 11.5 Å². The van der Waals surface area contributed by atoms with Gasteiger partial charge in [0.05, 0.1) is 42.7 Å². The molecule has 3 N–H and O–H groups in total. The Morgan fingerprint density at radius 1 is 1.08 bits per heavy atom. The van der Waals surface area contributed by atoms with Crippen LogP contribution in [0.2, 0.25) is 0 Å². The quantitative estimate of drug-likeness (QED) is 0.185. The third-order valence-corrected chi connectivity index (χ3v) is 11.4. The number of fused-ring (bicyclic) bond motifs is 2. The SMILES string of the molecule is CN(CC(=O)NCCCCC(C)(C)CN(C[C@@H](O)[C@H](Cc1ccccc1)NC(=O)O[C@H]1CO[C@H]2OCC[C@H]21)S(=O)(=O)c1ccc2c(c1)OCO2)C(=O)[O-]. The Morgan fingerprint density at radius 2 is 1.83 bits per heavy atom. The van der Waals surface area contributed by atoms with Crippen molar-refractivity contribution in [1.82, 2.24) is 19.8 Å². The van der Waals surface area contributed by atoms with Crippen LogP contribution in [0, 0.1) is 11.3 Å². The zero-order chi connectivity index (χ0) is 38.2. The van der Waals surface area contributed by atoms with Gasteiger partial charge in [0.1, 0.15) is 12.2 Å². The van der Waals surface area contributed by atoms with Crippen molar-refractivity contribution in [2.75, 3.05) is 53.2 Å². The first-order valence-electron chi connectivity index (χ1n) is 17.7. The van der Waals surface area contributed by atoms with Crippen molar-refractivity contribution in [2.24, 2.45) is 11.3 Å². The highest BCUT2D eigenvalue weighted by Gasteiger charge is 2.44. The second-order valence-electron chi connectivity index (χ2n) is 14.4. The van der Waals surface area contributed by atoms with Gasteiger partial charge in [-0.15, -0.1) is 0 Å². The molecule has 2 aromatic carbocycles. The Morgan fingerprint density at radius 3 is 2.58 bits per heavy atom. The number of sulfonamides is 1. The molecular weight excluding hydrogens is 712 g/mol. The Bertz CT molecular complexity index is 1680. The minimum atomic E-state index is -4.23. The summed E-state index contributed by atoms with van der Waals surface area (Å²) in [6.45, 7) is 4.11. The minimum absolute atomic E-state index is 0.00852. The number of aliphatic hydroxyl groups excluding tert-OH is 1. The lowest BCUT2D eigenvalue weighted by molar-refractivity contribution is -0.263. The number of carbonyl (C=O) groups is 3. The van der Waals surface area contributed by atoms with Crippen LogP contribution in [0.25, 0.3) is 0 Å². The number of nitrogens with one attached hydrogen (secondary N) is 2. The minimum Gasteiger partial charge on any atom is -0.530 e. The van der Waals surface area contributed by atoms with Crippen molar-refractivity contribution in [1.29, 1.82) is 0 Å². The number of carbonyl (C=O) groups excluding carboxylic acids is 3. The summed E-state index contributed by atoms with van der Waals surface area (Å²) in [6.07, 6.45) is -1.88. The number of ether oxygens (including phenoxy) is 5. The van der Waals surface area contributed by atoms with Crippen LogP contribution in [-0.2, 0) is 35.4 Å². The molecule has 0 saturated carbocycles. The molecule has 2 aromatic rings. The highest BCUT2D eigenvalue weighted by atomic mass is 32.2. The Balaban J connectivity index is 1.29. The van der Waals surface area contributed by atoms with Crippen LogP contribution in [0.15, 0.2) is 53.4 Å². The molecule has 3 heterocycles. The van der Waals surface area contributed by atoms with Crippen molar-refractivity contribution in [3.63, 3.8) is 0 Å². The number of benzene rings is 2. The molecule has 17 heteroatoms. The van der Waals surface area contributed by atoms with Crippen LogP contribution >= 0.6 is 0 Å². The molecule has 2 fully saturated rings. The monoisotopic (exact) mass is 761 g/mol. The van der Waals surface area contributed by atoms with Crippen LogP contribution in [0.3, 0.4) is 0 Å². The van der Waals surface area contributed by atoms with Gasteiger partial charge >= 0.3 is 6.09 Å². The van der Waals surface area contributed by atoms with E-state index >= 15 is 0 Å². The number of aliphatic hydroxyl groups is 1. The van der Waals surface area contributed by atoms with Gasteiger partial charge in [-0.3, -0.25) is 4.79 Å². The van der Waals surface area contributed by atoms with Gasteiger partial charge in [-0.05, 0) is 48.8 Å². The molecule has 53 heavy (non-hydrogen) atoms. The third kappa shape index (κ3) is 10.9. The van der Waals surface area contributed by atoms with Gasteiger partial charge in [0.25, 0.3) is 0 Å². The predicted molar refractivity (Wildman–Crippen MR) is 187 cm³/mol. The van der Waals surface area contributed by atoms with Crippen LogP contribution in [0.1, 0.15) is 45.1 Å². The molecule has 0 spiro atoms. The van der Waals surface area contributed by atoms with Gasteiger partial charge in [0.15, 0.2) is 17.8 Å². The van der Waals surface area contributed by atoms with E-state index in [1.807, 2.05) is 44.2 Å². The van der Waals surface area contributed by atoms with E-state index in [-0.39, 0.29) is 56.0 Å².